The number of methoxy groups -OCH3 is 2. The Morgan fingerprint density at radius 1 is 0.879 bits per heavy atom. The van der Waals surface area contributed by atoms with Gasteiger partial charge >= 0.3 is 6.18 Å². The number of fused-ring (bicyclic) bond motifs is 1. The van der Waals surface area contributed by atoms with Crippen LogP contribution in [-0.2, 0) is 19.1 Å². The van der Waals surface area contributed by atoms with Crippen LogP contribution in [0.3, 0.4) is 0 Å². The largest absolute Gasteiger partial charge is 0.493 e. The second kappa shape index (κ2) is 8.81. The zero-order valence-corrected chi connectivity index (χ0v) is 19.0. The van der Waals surface area contributed by atoms with Crippen molar-refractivity contribution in [1.82, 2.24) is 9.55 Å². The third-order valence-corrected chi connectivity index (χ3v) is 5.77. The van der Waals surface area contributed by atoms with Gasteiger partial charge in [0.05, 0.1) is 30.8 Å². The molecule has 0 aliphatic rings. The lowest BCUT2D eigenvalue weighted by molar-refractivity contribution is -0.137. The topological polar surface area (TPSA) is 36.3 Å². The van der Waals surface area contributed by atoms with E-state index in [0.717, 1.165) is 34.4 Å². The molecule has 0 radical (unpaired) electrons. The Morgan fingerprint density at radius 3 is 2.30 bits per heavy atom. The minimum Gasteiger partial charge on any atom is -0.493 e. The van der Waals surface area contributed by atoms with Gasteiger partial charge in [-0.2, -0.15) is 13.2 Å². The van der Waals surface area contributed by atoms with Gasteiger partial charge in [-0.05, 0) is 61.7 Å². The van der Waals surface area contributed by atoms with Crippen molar-refractivity contribution < 1.29 is 22.6 Å². The van der Waals surface area contributed by atoms with Crippen LogP contribution < -0.4 is 9.47 Å². The molecular formula is C26H25F3N2O2. The van der Waals surface area contributed by atoms with E-state index in [4.69, 9.17) is 9.47 Å². The number of halogens is 3. The molecule has 3 aromatic carbocycles. The minimum atomic E-state index is -4.42. The van der Waals surface area contributed by atoms with Crippen LogP contribution >= 0.6 is 0 Å². The highest BCUT2D eigenvalue weighted by Crippen LogP contribution is 2.34. The summed E-state index contributed by atoms with van der Waals surface area (Å²) in [7, 11) is 3.17. The molecule has 0 N–H and O–H groups in total. The van der Waals surface area contributed by atoms with E-state index in [-0.39, 0.29) is 0 Å². The van der Waals surface area contributed by atoms with Crippen molar-refractivity contribution in [3.8, 4) is 22.9 Å². The van der Waals surface area contributed by atoms with Crippen molar-refractivity contribution in [1.29, 1.82) is 0 Å². The summed E-state index contributed by atoms with van der Waals surface area (Å²) in [5.74, 6) is 1.93. The maximum Gasteiger partial charge on any atom is 0.416 e. The van der Waals surface area contributed by atoms with Gasteiger partial charge in [0, 0.05) is 12.1 Å². The molecule has 0 atom stereocenters. The smallest absolute Gasteiger partial charge is 0.416 e. The van der Waals surface area contributed by atoms with Gasteiger partial charge in [0.25, 0.3) is 0 Å². The first-order chi connectivity index (χ1) is 15.7. The van der Waals surface area contributed by atoms with E-state index >= 15 is 0 Å². The van der Waals surface area contributed by atoms with Crippen LogP contribution in [-0.4, -0.2) is 23.8 Å². The van der Waals surface area contributed by atoms with E-state index < -0.39 is 11.7 Å². The van der Waals surface area contributed by atoms with Gasteiger partial charge in [-0.25, -0.2) is 4.98 Å². The van der Waals surface area contributed by atoms with E-state index in [0.29, 0.717) is 41.3 Å². The zero-order chi connectivity index (χ0) is 23.8. The number of rotatable bonds is 6. The molecular weight excluding hydrogens is 429 g/mol. The Hall–Kier alpha value is -3.48. The normalized spacial score (nSPS) is 11.7. The molecule has 0 unspecified atom stereocenters. The van der Waals surface area contributed by atoms with E-state index in [1.807, 2.05) is 48.7 Å². The van der Waals surface area contributed by atoms with Crippen molar-refractivity contribution in [3.63, 3.8) is 0 Å². The van der Waals surface area contributed by atoms with Crippen molar-refractivity contribution in [3.05, 3.63) is 76.9 Å². The summed E-state index contributed by atoms with van der Waals surface area (Å²) in [5, 5.41) is 0. The van der Waals surface area contributed by atoms with E-state index in [2.05, 4.69) is 11.1 Å². The molecule has 0 aliphatic carbocycles. The Bertz CT molecular complexity index is 1310. The van der Waals surface area contributed by atoms with Crippen molar-refractivity contribution in [2.45, 2.75) is 33.0 Å². The van der Waals surface area contributed by atoms with Crippen LogP contribution in [0.4, 0.5) is 13.2 Å². The van der Waals surface area contributed by atoms with Gasteiger partial charge < -0.3 is 14.0 Å². The lowest BCUT2D eigenvalue weighted by Crippen LogP contribution is -2.06. The monoisotopic (exact) mass is 454 g/mol. The predicted molar refractivity (Wildman–Crippen MR) is 123 cm³/mol. The molecule has 4 rings (SSSR count). The number of alkyl halides is 3. The molecule has 0 aliphatic heterocycles. The Balaban J connectivity index is 1.79. The minimum absolute atomic E-state index is 0.326. The van der Waals surface area contributed by atoms with Crippen LogP contribution in [0.5, 0.6) is 11.5 Å². The molecule has 33 heavy (non-hydrogen) atoms. The van der Waals surface area contributed by atoms with Crippen LogP contribution in [0, 0.1) is 13.8 Å². The molecule has 172 valence electrons. The number of aromatic nitrogens is 2. The van der Waals surface area contributed by atoms with Crippen molar-refractivity contribution >= 4 is 11.0 Å². The molecule has 7 heteroatoms. The van der Waals surface area contributed by atoms with Gasteiger partial charge in [-0.1, -0.05) is 29.8 Å². The summed E-state index contributed by atoms with van der Waals surface area (Å²) in [5.41, 5.74) is 4.35. The molecule has 0 bridgehead atoms. The highest BCUT2D eigenvalue weighted by atomic mass is 19.4. The number of aryl methyl sites for hydroxylation is 4. The summed E-state index contributed by atoms with van der Waals surface area (Å²) in [6.45, 7) is 4.54. The number of ether oxygens (including phenoxy) is 2. The summed E-state index contributed by atoms with van der Waals surface area (Å²) < 4.78 is 52.6. The van der Waals surface area contributed by atoms with Crippen LogP contribution in [0.1, 0.15) is 22.3 Å². The third kappa shape index (κ3) is 4.53. The molecule has 0 amide bonds. The Morgan fingerprint density at radius 2 is 1.64 bits per heavy atom. The molecule has 1 aromatic heterocycles. The second-order valence-electron chi connectivity index (χ2n) is 8.05. The average molecular weight is 454 g/mol. The molecule has 4 nitrogen and oxygen atoms in total. The summed E-state index contributed by atoms with van der Waals surface area (Å²) in [6.07, 6.45) is -3.78. The van der Waals surface area contributed by atoms with E-state index in [1.165, 1.54) is 6.07 Å². The lowest BCUT2D eigenvalue weighted by Gasteiger charge is -2.13. The first-order valence-corrected chi connectivity index (χ1v) is 10.6. The lowest BCUT2D eigenvalue weighted by atomic mass is 10.0. The highest BCUT2D eigenvalue weighted by molar-refractivity contribution is 5.82. The molecule has 0 fully saturated rings. The first-order valence-electron chi connectivity index (χ1n) is 10.6. The van der Waals surface area contributed by atoms with Gasteiger partial charge in [0.15, 0.2) is 11.5 Å². The van der Waals surface area contributed by atoms with Gasteiger partial charge in [-0.15, -0.1) is 0 Å². The predicted octanol–water partition coefficient (Wildman–Crippen LogP) is 6.60. The number of benzene rings is 3. The maximum atomic E-state index is 13.3. The fraction of sp³-hybridized carbons (Fsp3) is 0.269. The van der Waals surface area contributed by atoms with Gasteiger partial charge in [-0.3, -0.25) is 0 Å². The molecule has 1 heterocycles. The number of hydrogen-bond donors (Lipinski definition) is 0. The summed E-state index contributed by atoms with van der Waals surface area (Å²) >= 11 is 0. The third-order valence-electron chi connectivity index (χ3n) is 5.77. The second-order valence-corrected chi connectivity index (χ2v) is 8.05. The maximum absolute atomic E-state index is 13.3. The number of nitrogens with zero attached hydrogens (tertiary/aromatic N) is 2. The van der Waals surface area contributed by atoms with E-state index in [9.17, 15) is 13.2 Å². The van der Waals surface area contributed by atoms with Crippen LogP contribution in [0.2, 0.25) is 0 Å². The fourth-order valence-corrected chi connectivity index (χ4v) is 4.08. The summed E-state index contributed by atoms with van der Waals surface area (Å²) in [6, 6.07) is 15.5. The quantitative estimate of drug-likeness (QED) is 0.329. The van der Waals surface area contributed by atoms with Crippen molar-refractivity contribution in [2.24, 2.45) is 0 Å². The number of imidazole rings is 1. The van der Waals surface area contributed by atoms with Gasteiger partial charge in [0.1, 0.15) is 5.82 Å². The standard InChI is InChI=1S/C26H25F3N2O2/c1-16-5-8-20(17(2)13-16)25-30-21-15-19(26(27,28)29)7-9-22(21)31(25)12-11-18-6-10-23(32-3)24(14-18)33-4/h5-10,13-15H,11-12H2,1-4H3. The van der Waals surface area contributed by atoms with Crippen LogP contribution in [0.25, 0.3) is 22.4 Å². The molecule has 0 saturated heterocycles. The fourth-order valence-electron chi connectivity index (χ4n) is 4.08. The Kier molecular flexibility index (Phi) is 6.06. The highest BCUT2D eigenvalue weighted by Gasteiger charge is 2.31. The zero-order valence-electron chi connectivity index (χ0n) is 19.0. The molecule has 0 spiro atoms. The van der Waals surface area contributed by atoms with Crippen LogP contribution in [0.15, 0.2) is 54.6 Å². The Labute approximate surface area is 190 Å². The van der Waals surface area contributed by atoms with E-state index in [1.54, 1.807) is 14.2 Å². The molecule has 4 aromatic rings. The van der Waals surface area contributed by atoms with Gasteiger partial charge in [0.2, 0.25) is 0 Å². The number of hydrogen-bond acceptors (Lipinski definition) is 3. The van der Waals surface area contributed by atoms with Crippen molar-refractivity contribution in [2.75, 3.05) is 14.2 Å². The first kappa shape index (κ1) is 22.7. The SMILES string of the molecule is COc1ccc(CCn2c(-c3ccc(C)cc3C)nc3cc(C(F)(F)F)ccc32)cc1OC. The summed E-state index contributed by atoms with van der Waals surface area (Å²) in [4.78, 5) is 4.64. The molecule has 0 saturated carbocycles. The average Bonchev–Trinajstić information content (AvgIpc) is 3.14.